The lowest BCUT2D eigenvalue weighted by molar-refractivity contribution is -0.142. The molecule has 0 aliphatic heterocycles. The topological polar surface area (TPSA) is 97.0 Å². The van der Waals surface area contributed by atoms with Crippen molar-refractivity contribution in [1.29, 1.82) is 0 Å². The molecule has 2 unspecified atom stereocenters. The van der Waals surface area contributed by atoms with E-state index >= 15 is 0 Å². The Morgan fingerprint density at radius 3 is 2.09 bits per heavy atom. The summed E-state index contributed by atoms with van der Waals surface area (Å²) in [6.45, 7) is 8.84. The van der Waals surface area contributed by atoms with Gasteiger partial charge >= 0.3 is 6.09 Å². The average Bonchev–Trinajstić information content (AvgIpc) is 2.80. The predicted octanol–water partition coefficient (Wildman–Crippen LogP) is 4.44. The summed E-state index contributed by atoms with van der Waals surface area (Å²) < 4.78 is 10.5. The lowest BCUT2D eigenvalue weighted by Crippen LogP contribution is -2.55. The van der Waals surface area contributed by atoms with Crippen LogP contribution >= 0.6 is 12.6 Å². The maximum Gasteiger partial charge on any atom is 0.408 e. The van der Waals surface area contributed by atoms with E-state index in [-0.39, 0.29) is 11.8 Å². The first-order valence-electron chi connectivity index (χ1n) is 11.4. The summed E-state index contributed by atoms with van der Waals surface area (Å²) in [6, 6.07) is 13.6. The maximum absolute atomic E-state index is 13.7. The first kappa shape index (κ1) is 28.0. The Kier molecular flexibility index (Phi) is 10.0. The molecule has 0 bridgehead atoms. The van der Waals surface area contributed by atoms with Gasteiger partial charge in [-0.15, -0.1) is 0 Å². The number of anilines is 1. The van der Waals surface area contributed by atoms with Crippen molar-refractivity contribution in [2.75, 3.05) is 18.2 Å². The van der Waals surface area contributed by atoms with Crippen molar-refractivity contribution in [3.05, 3.63) is 60.2 Å². The molecule has 9 heteroatoms. The fraction of sp³-hybridized carbons (Fsp3) is 0.423. The predicted molar refractivity (Wildman–Crippen MR) is 140 cm³/mol. The molecule has 0 aliphatic carbocycles. The Morgan fingerprint density at radius 2 is 1.60 bits per heavy atom. The van der Waals surface area contributed by atoms with Gasteiger partial charge in [0.15, 0.2) is 0 Å². The minimum absolute atomic E-state index is 0.0307. The van der Waals surface area contributed by atoms with Gasteiger partial charge in [0.1, 0.15) is 23.4 Å². The Balaban J connectivity index is 2.39. The van der Waals surface area contributed by atoms with E-state index in [1.807, 2.05) is 19.9 Å². The van der Waals surface area contributed by atoms with E-state index in [1.165, 1.54) is 4.90 Å². The summed E-state index contributed by atoms with van der Waals surface area (Å²) in [6.07, 6.45) is -0.729. The molecule has 0 radical (unpaired) electrons. The van der Waals surface area contributed by atoms with Crippen molar-refractivity contribution in [3.63, 3.8) is 0 Å². The number of benzene rings is 2. The number of hydrogen-bond donors (Lipinski definition) is 3. The van der Waals surface area contributed by atoms with Crippen molar-refractivity contribution in [1.82, 2.24) is 10.2 Å². The number of rotatable bonds is 9. The van der Waals surface area contributed by atoms with Crippen LogP contribution in [0.2, 0.25) is 0 Å². The molecule has 0 saturated heterocycles. The molecule has 0 fully saturated rings. The van der Waals surface area contributed by atoms with Crippen LogP contribution in [0.5, 0.6) is 5.75 Å². The van der Waals surface area contributed by atoms with Crippen LogP contribution in [0.3, 0.4) is 0 Å². The number of methoxy groups -OCH3 is 1. The lowest BCUT2D eigenvalue weighted by atomic mass is 10.0. The van der Waals surface area contributed by atoms with Crippen LogP contribution in [-0.4, -0.2) is 53.4 Å². The number of nitrogens with one attached hydrogen (secondary N) is 2. The third kappa shape index (κ3) is 8.20. The van der Waals surface area contributed by atoms with E-state index in [9.17, 15) is 14.4 Å². The van der Waals surface area contributed by atoms with E-state index in [0.717, 1.165) is 0 Å². The number of amides is 3. The third-order valence-electron chi connectivity index (χ3n) is 4.98. The first-order valence-corrected chi connectivity index (χ1v) is 12.0. The average molecular weight is 502 g/mol. The van der Waals surface area contributed by atoms with E-state index in [1.54, 1.807) is 76.4 Å². The summed E-state index contributed by atoms with van der Waals surface area (Å²) in [5, 5.41) is 5.48. The van der Waals surface area contributed by atoms with Crippen molar-refractivity contribution in [2.24, 2.45) is 0 Å². The van der Waals surface area contributed by atoms with Crippen molar-refractivity contribution >= 4 is 36.2 Å². The van der Waals surface area contributed by atoms with Gasteiger partial charge in [0.25, 0.3) is 5.91 Å². The van der Waals surface area contributed by atoms with Gasteiger partial charge in [-0.3, -0.25) is 9.59 Å². The molecule has 2 atom stereocenters. The summed E-state index contributed by atoms with van der Waals surface area (Å²) >= 11 is 4.28. The van der Waals surface area contributed by atoms with E-state index in [4.69, 9.17) is 9.47 Å². The summed E-state index contributed by atoms with van der Waals surface area (Å²) in [4.78, 5) is 41.1. The number of ether oxygens (including phenoxy) is 2. The Labute approximate surface area is 212 Å². The molecule has 0 saturated carbocycles. The zero-order valence-corrected chi connectivity index (χ0v) is 22.0. The molecular formula is C26H35N3O5S. The molecule has 2 aromatic carbocycles. The van der Waals surface area contributed by atoms with E-state index in [0.29, 0.717) is 17.0 Å². The number of hydrogen-bond acceptors (Lipinski definition) is 6. The summed E-state index contributed by atoms with van der Waals surface area (Å²) in [7, 11) is 1.56. The number of nitrogens with zero attached hydrogens (tertiary/aromatic N) is 1. The Hall–Kier alpha value is -3.20. The highest BCUT2D eigenvalue weighted by atomic mass is 32.1. The summed E-state index contributed by atoms with van der Waals surface area (Å²) in [5.41, 5.74) is 0.470. The van der Waals surface area contributed by atoms with Gasteiger partial charge in [-0.2, -0.15) is 12.6 Å². The number of carbonyl (C=O) groups excluding carboxylic acids is 3. The molecule has 2 aromatic rings. The highest BCUT2D eigenvalue weighted by Crippen LogP contribution is 2.27. The SMILES string of the molecule is COc1ccc(NC(=O)C(c2ccccc2)N(C(=O)C(CS)NC(=O)OC(C)(C)C)C(C)C)cc1. The fourth-order valence-corrected chi connectivity index (χ4v) is 3.70. The van der Waals surface area contributed by atoms with Gasteiger partial charge in [0, 0.05) is 17.5 Å². The second-order valence-corrected chi connectivity index (χ2v) is 9.62. The molecule has 2 rings (SSSR count). The van der Waals surface area contributed by atoms with Gasteiger partial charge in [0.2, 0.25) is 5.91 Å². The molecular weight excluding hydrogens is 466 g/mol. The van der Waals surface area contributed by atoms with Crippen LogP contribution in [0.1, 0.15) is 46.2 Å². The highest BCUT2D eigenvalue weighted by molar-refractivity contribution is 7.80. The molecule has 3 amide bonds. The molecule has 0 heterocycles. The molecule has 190 valence electrons. The van der Waals surface area contributed by atoms with E-state index in [2.05, 4.69) is 23.3 Å². The quantitative estimate of drug-likeness (QED) is 0.442. The van der Waals surface area contributed by atoms with Gasteiger partial charge in [0.05, 0.1) is 7.11 Å². The number of carbonyl (C=O) groups is 3. The van der Waals surface area contributed by atoms with Gasteiger partial charge in [-0.05, 0) is 64.4 Å². The molecule has 0 aromatic heterocycles. The molecule has 0 aliphatic rings. The van der Waals surface area contributed by atoms with Crippen molar-refractivity contribution < 1.29 is 23.9 Å². The number of alkyl carbamates (subject to hydrolysis) is 1. The normalized spacial score (nSPS) is 12.9. The zero-order chi connectivity index (χ0) is 26.2. The smallest absolute Gasteiger partial charge is 0.408 e. The fourth-order valence-electron chi connectivity index (χ4n) is 3.45. The van der Waals surface area contributed by atoms with E-state index < -0.39 is 35.6 Å². The third-order valence-corrected chi connectivity index (χ3v) is 5.35. The second-order valence-electron chi connectivity index (χ2n) is 9.25. The zero-order valence-electron chi connectivity index (χ0n) is 21.1. The van der Waals surface area contributed by atoms with Gasteiger partial charge < -0.3 is 25.0 Å². The molecule has 8 nitrogen and oxygen atoms in total. The monoisotopic (exact) mass is 501 g/mol. The summed E-state index contributed by atoms with van der Waals surface area (Å²) in [5.74, 6) is -0.146. The molecule has 35 heavy (non-hydrogen) atoms. The van der Waals surface area contributed by atoms with Crippen molar-refractivity contribution in [3.8, 4) is 5.75 Å². The maximum atomic E-state index is 13.7. The Bertz CT molecular complexity index is 990. The minimum Gasteiger partial charge on any atom is -0.497 e. The number of thiol groups is 1. The minimum atomic E-state index is -0.990. The van der Waals surface area contributed by atoms with Crippen LogP contribution in [0.4, 0.5) is 10.5 Å². The molecule has 0 spiro atoms. The highest BCUT2D eigenvalue weighted by Gasteiger charge is 2.37. The van der Waals surface area contributed by atoms with Crippen LogP contribution in [-0.2, 0) is 14.3 Å². The standard InChI is InChI=1S/C26H35N3O5S/c1-17(2)29(24(31)21(16-35)28-25(32)34-26(3,4)5)22(18-10-8-7-9-11-18)23(30)27-19-12-14-20(33-6)15-13-19/h7-15,17,21-22,35H,16H2,1-6H3,(H,27,30)(H,28,32). The van der Waals surface area contributed by atoms with Gasteiger partial charge in [-0.25, -0.2) is 4.79 Å². The van der Waals surface area contributed by atoms with Crippen LogP contribution in [0.25, 0.3) is 0 Å². The Morgan fingerprint density at radius 1 is 1.00 bits per heavy atom. The van der Waals surface area contributed by atoms with Gasteiger partial charge in [-0.1, -0.05) is 30.3 Å². The first-order chi connectivity index (χ1) is 16.5. The van der Waals surface area contributed by atoms with Crippen LogP contribution in [0, 0.1) is 0 Å². The molecule has 2 N–H and O–H groups in total. The second kappa shape index (κ2) is 12.5. The lowest BCUT2D eigenvalue weighted by Gasteiger charge is -2.37. The van der Waals surface area contributed by atoms with Crippen molar-refractivity contribution in [2.45, 2.75) is 58.3 Å². The van der Waals surface area contributed by atoms with Crippen LogP contribution < -0.4 is 15.4 Å². The van der Waals surface area contributed by atoms with Crippen LogP contribution in [0.15, 0.2) is 54.6 Å². The largest absolute Gasteiger partial charge is 0.497 e.